The van der Waals surface area contributed by atoms with Gasteiger partial charge in [0.25, 0.3) is 0 Å². The van der Waals surface area contributed by atoms with Gasteiger partial charge in [-0.2, -0.15) is 8.42 Å². The predicted molar refractivity (Wildman–Crippen MR) is 39.0 cm³/mol. The highest BCUT2D eigenvalue weighted by Crippen LogP contribution is 2.27. The maximum Gasteiger partial charge on any atom is 0.355 e. The van der Waals surface area contributed by atoms with Crippen LogP contribution >= 0.6 is 0 Å². The number of carbonyl (C=O) groups is 1. The minimum Gasteiger partial charge on any atom is -0.338 e. The lowest BCUT2D eigenvalue weighted by molar-refractivity contribution is 0.0762. The summed E-state index contributed by atoms with van der Waals surface area (Å²) in [5, 5.41) is 0. The molecule has 1 aromatic rings. The molecule has 0 aromatic heterocycles. The average molecular weight is 202 g/mol. The minimum atomic E-state index is -4.07. The van der Waals surface area contributed by atoms with Gasteiger partial charge in [-0.25, -0.2) is 9.18 Å². The number of hydrogen-bond donors (Lipinski definition) is 0. The van der Waals surface area contributed by atoms with E-state index in [0.717, 1.165) is 18.2 Å². The zero-order chi connectivity index (χ0) is 9.64. The molecule has 1 heterocycles. The van der Waals surface area contributed by atoms with E-state index in [4.69, 9.17) is 0 Å². The molecular weight excluding hydrogens is 199 g/mol. The Bertz CT molecular complexity index is 491. The summed E-state index contributed by atoms with van der Waals surface area (Å²) in [6, 6.07) is 2.84. The van der Waals surface area contributed by atoms with E-state index in [-0.39, 0.29) is 5.56 Å². The quantitative estimate of drug-likeness (QED) is 0.580. The molecule has 0 N–H and O–H groups in total. The smallest absolute Gasteiger partial charge is 0.338 e. The Morgan fingerprint density at radius 2 is 2.00 bits per heavy atom. The summed E-state index contributed by atoms with van der Waals surface area (Å²) in [6.07, 6.45) is 0. The molecule has 13 heavy (non-hydrogen) atoms. The lowest BCUT2D eigenvalue weighted by Gasteiger charge is -1.91. The van der Waals surface area contributed by atoms with Crippen molar-refractivity contribution < 1.29 is 21.8 Å². The first-order valence-electron chi connectivity index (χ1n) is 3.29. The van der Waals surface area contributed by atoms with Crippen LogP contribution < -0.4 is 0 Å². The third-order valence-corrected chi connectivity index (χ3v) is 2.87. The van der Waals surface area contributed by atoms with Crippen molar-refractivity contribution in [1.29, 1.82) is 0 Å². The van der Waals surface area contributed by atoms with Gasteiger partial charge < -0.3 is 4.18 Å². The van der Waals surface area contributed by atoms with E-state index < -0.39 is 26.8 Å². The van der Waals surface area contributed by atoms with Crippen LogP contribution in [0.3, 0.4) is 0 Å². The molecule has 6 heteroatoms. The highest BCUT2D eigenvalue weighted by molar-refractivity contribution is 7.87. The van der Waals surface area contributed by atoms with Crippen LogP contribution in [0.1, 0.15) is 10.4 Å². The van der Waals surface area contributed by atoms with Gasteiger partial charge in [0.05, 0.1) is 5.56 Å². The molecule has 1 aliphatic rings. The van der Waals surface area contributed by atoms with Gasteiger partial charge >= 0.3 is 16.1 Å². The summed E-state index contributed by atoms with van der Waals surface area (Å²) in [5.41, 5.74) is -0.124. The lowest BCUT2D eigenvalue weighted by atomic mass is 10.2. The third-order valence-electron chi connectivity index (χ3n) is 1.62. The summed E-state index contributed by atoms with van der Waals surface area (Å²) >= 11 is 0. The molecule has 0 amide bonds. The zero-order valence-electron chi connectivity index (χ0n) is 6.15. The van der Waals surface area contributed by atoms with Crippen LogP contribution in [-0.2, 0) is 14.3 Å². The van der Waals surface area contributed by atoms with Crippen molar-refractivity contribution in [2.45, 2.75) is 4.90 Å². The van der Waals surface area contributed by atoms with Gasteiger partial charge in [-0.3, -0.25) is 0 Å². The number of carbonyl (C=O) groups excluding carboxylic acids is 1. The van der Waals surface area contributed by atoms with Gasteiger partial charge in [0.1, 0.15) is 10.7 Å². The van der Waals surface area contributed by atoms with Crippen LogP contribution in [-0.4, -0.2) is 14.4 Å². The summed E-state index contributed by atoms with van der Waals surface area (Å²) in [6.45, 7) is 0. The van der Waals surface area contributed by atoms with Crippen molar-refractivity contribution in [3.63, 3.8) is 0 Å². The Morgan fingerprint density at radius 1 is 1.31 bits per heavy atom. The fraction of sp³-hybridized carbons (Fsp3) is 0. The Labute approximate surface area is 73.1 Å². The van der Waals surface area contributed by atoms with Crippen LogP contribution in [0.4, 0.5) is 4.39 Å². The molecule has 0 unspecified atom stereocenters. The van der Waals surface area contributed by atoms with E-state index >= 15 is 0 Å². The van der Waals surface area contributed by atoms with E-state index in [1.165, 1.54) is 0 Å². The highest BCUT2D eigenvalue weighted by Gasteiger charge is 2.35. The molecule has 1 aliphatic heterocycles. The second kappa shape index (κ2) is 2.29. The molecule has 0 bridgehead atoms. The van der Waals surface area contributed by atoms with Gasteiger partial charge in [-0.15, -0.1) is 0 Å². The third kappa shape index (κ3) is 1.10. The predicted octanol–water partition coefficient (Wildman–Crippen LogP) is 0.685. The summed E-state index contributed by atoms with van der Waals surface area (Å²) in [4.78, 5) is 10.5. The van der Waals surface area contributed by atoms with Crippen LogP contribution in [0.5, 0.6) is 0 Å². The van der Waals surface area contributed by atoms with E-state index in [9.17, 15) is 17.6 Å². The van der Waals surface area contributed by atoms with E-state index in [1.54, 1.807) is 0 Å². The molecule has 0 atom stereocenters. The Hall–Kier alpha value is -1.43. The number of halogens is 1. The normalized spacial score (nSPS) is 18.1. The van der Waals surface area contributed by atoms with E-state index in [0.29, 0.717) is 0 Å². The summed E-state index contributed by atoms with van der Waals surface area (Å²) < 4.78 is 38.7. The van der Waals surface area contributed by atoms with E-state index in [1.807, 2.05) is 0 Å². The first-order chi connectivity index (χ1) is 6.00. The van der Waals surface area contributed by atoms with Crippen LogP contribution in [0.25, 0.3) is 0 Å². The molecule has 2 rings (SSSR count). The number of hydrogen-bond acceptors (Lipinski definition) is 4. The minimum absolute atomic E-state index is 0.124. The molecule has 0 radical (unpaired) electrons. The molecule has 68 valence electrons. The van der Waals surface area contributed by atoms with Gasteiger partial charge in [-0.05, 0) is 18.2 Å². The maximum absolute atomic E-state index is 12.6. The first kappa shape index (κ1) is 8.18. The summed E-state index contributed by atoms with van der Waals surface area (Å²) in [5.74, 6) is -1.68. The fourth-order valence-electron chi connectivity index (χ4n) is 1.06. The van der Waals surface area contributed by atoms with Gasteiger partial charge in [0.2, 0.25) is 0 Å². The molecule has 0 fully saturated rings. The molecule has 0 aliphatic carbocycles. The SMILES string of the molecule is O=C1OS(=O)(=O)c2cc(F)ccc21. The van der Waals surface area contributed by atoms with Crippen LogP contribution in [0.2, 0.25) is 0 Å². The Balaban J connectivity index is 2.81. The second-order valence-electron chi connectivity index (χ2n) is 2.47. The Morgan fingerprint density at radius 3 is 2.69 bits per heavy atom. The molecule has 0 saturated carbocycles. The topological polar surface area (TPSA) is 60.4 Å². The highest BCUT2D eigenvalue weighted by atomic mass is 32.2. The van der Waals surface area contributed by atoms with E-state index in [2.05, 4.69) is 4.18 Å². The molecule has 4 nitrogen and oxygen atoms in total. The monoisotopic (exact) mass is 202 g/mol. The number of rotatable bonds is 0. The largest absolute Gasteiger partial charge is 0.355 e. The molecular formula is C7H3FO4S. The van der Waals surface area contributed by atoms with Crippen molar-refractivity contribution in [2.24, 2.45) is 0 Å². The first-order valence-corrected chi connectivity index (χ1v) is 4.70. The van der Waals surface area contributed by atoms with Crippen molar-refractivity contribution in [3.05, 3.63) is 29.6 Å². The van der Waals surface area contributed by atoms with Crippen LogP contribution in [0.15, 0.2) is 23.1 Å². The number of benzene rings is 1. The maximum atomic E-state index is 12.6. The van der Waals surface area contributed by atoms with Gasteiger partial charge in [0, 0.05) is 0 Å². The Kier molecular flexibility index (Phi) is 1.44. The number of fused-ring (bicyclic) bond motifs is 1. The van der Waals surface area contributed by atoms with Crippen molar-refractivity contribution in [2.75, 3.05) is 0 Å². The molecule has 1 aromatic carbocycles. The zero-order valence-corrected chi connectivity index (χ0v) is 6.97. The van der Waals surface area contributed by atoms with Crippen molar-refractivity contribution in [1.82, 2.24) is 0 Å². The molecule has 0 spiro atoms. The van der Waals surface area contributed by atoms with Crippen molar-refractivity contribution >= 4 is 16.1 Å². The second-order valence-corrected chi connectivity index (χ2v) is 3.98. The average Bonchev–Trinajstić information content (AvgIpc) is 2.23. The van der Waals surface area contributed by atoms with Crippen LogP contribution in [0, 0.1) is 5.82 Å². The van der Waals surface area contributed by atoms with Gasteiger partial charge in [0.15, 0.2) is 0 Å². The fourth-order valence-corrected chi connectivity index (χ4v) is 2.12. The van der Waals surface area contributed by atoms with Gasteiger partial charge in [-0.1, -0.05) is 0 Å². The summed E-state index contributed by atoms with van der Waals surface area (Å²) in [7, 11) is -4.07. The lowest BCUT2D eigenvalue weighted by Crippen LogP contribution is -1.99. The standard InChI is InChI=1S/C7H3FO4S/c8-4-1-2-5-6(3-4)13(10,11)12-7(5)9/h1-3H. The molecule has 0 saturated heterocycles. The van der Waals surface area contributed by atoms with Crippen molar-refractivity contribution in [3.8, 4) is 0 Å².